The molecule has 8 nitrogen and oxygen atoms in total. The van der Waals surface area contributed by atoms with Gasteiger partial charge in [0.1, 0.15) is 12.1 Å². The molecule has 0 radical (unpaired) electrons. The molecule has 1 aromatic heterocycles. The molecule has 3 unspecified atom stereocenters. The number of nitrogens with one attached hydrogen (secondary N) is 1. The number of alkyl halides is 5. The number of carbonyl (C=O) groups is 1. The molecule has 3 atom stereocenters. The van der Waals surface area contributed by atoms with E-state index in [2.05, 4.69) is 33.7 Å². The van der Waals surface area contributed by atoms with E-state index >= 15 is 8.78 Å². The van der Waals surface area contributed by atoms with Gasteiger partial charge in [-0.1, -0.05) is 62.0 Å². The number of anilines is 1. The Kier molecular flexibility index (Phi) is 10.2. The van der Waals surface area contributed by atoms with Crippen LogP contribution in [0.25, 0.3) is 17.1 Å². The van der Waals surface area contributed by atoms with Crippen LogP contribution in [0.2, 0.25) is 0 Å². The highest BCUT2D eigenvalue weighted by atomic mass is 32.2. The van der Waals surface area contributed by atoms with Gasteiger partial charge in [-0.05, 0) is 73.2 Å². The van der Waals surface area contributed by atoms with Crippen molar-refractivity contribution >= 4 is 28.6 Å². The second kappa shape index (κ2) is 14.1. The lowest BCUT2D eigenvalue weighted by molar-refractivity contribution is -0.274. The Morgan fingerprint density at radius 2 is 1.77 bits per heavy atom. The summed E-state index contributed by atoms with van der Waals surface area (Å²) in [6.45, 7) is 8.29. The van der Waals surface area contributed by atoms with Crippen molar-refractivity contribution in [2.24, 2.45) is 4.99 Å². The van der Waals surface area contributed by atoms with Gasteiger partial charge < -0.3 is 15.0 Å². The molecule has 4 aromatic rings. The molecule has 2 amide bonds. The number of amides is 2. The number of aliphatic imine (C=N–C) groups is 1. The predicted octanol–water partition coefficient (Wildman–Crippen LogP) is 8.67. The largest absolute Gasteiger partial charge is 0.573 e. The van der Waals surface area contributed by atoms with E-state index in [-0.39, 0.29) is 29.1 Å². The fraction of sp³-hybridized carbons (Fsp3) is 0.333. The van der Waals surface area contributed by atoms with E-state index in [1.54, 1.807) is 0 Å². The van der Waals surface area contributed by atoms with E-state index in [0.29, 0.717) is 16.4 Å². The van der Waals surface area contributed by atoms with Crippen LogP contribution >= 0.6 is 11.8 Å². The van der Waals surface area contributed by atoms with Crippen LogP contribution in [-0.4, -0.2) is 50.4 Å². The first kappa shape index (κ1) is 33.9. The number of rotatable bonds is 8. The Bertz CT molecular complexity index is 1730. The van der Waals surface area contributed by atoms with E-state index in [9.17, 15) is 18.0 Å². The monoisotopic (exact) mass is 672 g/mol. The van der Waals surface area contributed by atoms with Gasteiger partial charge in [-0.2, -0.15) is 4.99 Å². The number of amidine groups is 1. The van der Waals surface area contributed by atoms with Crippen LogP contribution < -0.4 is 15.0 Å². The third-order valence-electron chi connectivity index (χ3n) is 7.58. The van der Waals surface area contributed by atoms with E-state index in [1.807, 2.05) is 42.3 Å². The Balaban J connectivity index is 1.25. The average molecular weight is 673 g/mol. The summed E-state index contributed by atoms with van der Waals surface area (Å²) < 4.78 is 72.7. The molecule has 1 fully saturated rings. The maximum atomic E-state index is 15.2. The molecule has 14 heteroatoms. The first-order valence-corrected chi connectivity index (χ1v) is 15.9. The van der Waals surface area contributed by atoms with Crippen molar-refractivity contribution in [1.29, 1.82) is 0 Å². The van der Waals surface area contributed by atoms with Crippen LogP contribution in [0.5, 0.6) is 5.75 Å². The smallest absolute Gasteiger partial charge is 0.406 e. The minimum atomic E-state index is -4.80. The summed E-state index contributed by atoms with van der Waals surface area (Å²) in [5.41, 5.74) is 4.11. The lowest BCUT2D eigenvalue weighted by atomic mass is 9.95. The standard InChI is InChI=1S/C33H33F5N6O2S/c1-19(2)27-20(3)6-5-7-26(27)44-21(4)16-17-47-32(44)41-31(45)40-29(35)28(34)22-8-10-23(11-9-22)30-39-18-43(42-30)24-12-14-25(15-13-24)46-33(36,37)38/h5-15,18-19,21,28-29H,16-17H2,1-4H3,(H,40,45). The van der Waals surface area contributed by atoms with Gasteiger partial charge in [-0.25, -0.2) is 23.2 Å². The van der Waals surface area contributed by atoms with Crippen LogP contribution in [0.15, 0.2) is 78.0 Å². The van der Waals surface area contributed by atoms with Crippen molar-refractivity contribution in [3.63, 3.8) is 0 Å². The number of thioether (sulfide) groups is 1. The Labute approximate surface area is 273 Å². The summed E-state index contributed by atoms with van der Waals surface area (Å²) in [7, 11) is 0. The SMILES string of the molecule is Cc1cccc(N2C(=NC(=O)NC(F)C(F)c3ccc(-c4ncn(-c5ccc(OC(F)(F)F)cc5)n4)cc3)SCCC2C)c1C(C)C. The topological polar surface area (TPSA) is 84.6 Å². The summed E-state index contributed by atoms with van der Waals surface area (Å²) in [5, 5.41) is 6.78. The molecule has 0 bridgehead atoms. The summed E-state index contributed by atoms with van der Waals surface area (Å²) in [6, 6.07) is 15.8. The van der Waals surface area contributed by atoms with Gasteiger partial charge in [0.2, 0.25) is 6.30 Å². The molecule has 1 aliphatic heterocycles. The van der Waals surface area contributed by atoms with Gasteiger partial charge in [-0.3, -0.25) is 0 Å². The number of carbonyl (C=O) groups excluding carboxylic acids is 1. The fourth-order valence-corrected chi connectivity index (χ4v) is 6.58. The van der Waals surface area contributed by atoms with Gasteiger partial charge in [0, 0.05) is 23.0 Å². The predicted molar refractivity (Wildman–Crippen MR) is 172 cm³/mol. The Morgan fingerprint density at radius 3 is 2.43 bits per heavy atom. The van der Waals surface area contributed by atoms with Gasteiger partial charge in [0.25, 0.3) is 0 Å². The van der Waals surface area contributed by atoms with Crippen LogP contribution in [0.4, 0.5) is 32.4 Å². The van der Waals surface area contributed by atoms with Gasteiger partial charge >= 0.3 is 12.4 Å². The molecular weight excluding hydrogens is 639 g/mol. The highest BCUT2D eigenvalue weighted by Gasteiger charge is 2.32. The second-order valence-electron chi connectivity index (χ2n) is 11.3. The highest BCUT2D eigenvalue weighted by Crippen LogP contribution is 2.36. The van der Waals surface area contributed by atoms with E-state index in [1.165, 1.54) is 59.2 Å². The number of hydrogen-bond acceptors (Lipinski definition) is 5. The van der Waals surface area contributed by atoms with Crippen molar-refractivity contribution in [3.05, 3.63) is 89.7 Å². The maximum Gasteiger partial charge on any atom is 0.573 e. The lowest BCUT2D eigenvalue weighted by Gasteiger charge is -2.37. The molecule has 1 N–H and O–H groups in total. The van der Waals surface area contributed by atoms with Gasteiger partial charge in [0.15, 0.2) is 17.2 Å². The van der Waals surface area contributed by atoms with Crippen LogP contribution in [0, 0.1) is 6.92 Å². The van der Waals surface area contributed by atoms with Crippen LogP contribution in [0.3, 0.4) is 0 Å². The number of benzene rings is 3. The van der Waals surface area contributed by atoms with Crippen LogP contribution in [0.1, 0.15) is 56.0 Å². The van der Waals surface area contributed by atoms with Crippen molar-refractivity contribution in [2.75, 3.05) is 10.7 Å². The second-order valence-corrected chi connectivity index (χ2v) is 12.4. The number of aromatic nitrogens is 3. The summed E-state index contributed by atoms with van der Waals surface area (Å²) in [5.74, 6) is 0.838. The number of nitrogens with zero attached hydrogens (tertiary/aromatic N) is 5. The van der Waals surface area contributed by atoms with E-state index < -0.39 is 24.9 Å². The minimum absolute atomic E-state index is 0.0162. The lowest BCUT2D eigenvalue weighted by Crippen LogP contribution is -2.43. The molecule has 0 aliphatic carbocycles. The van der Waals surface area contributed by atoms with Crippen molar-refractivity contribution in [2.45, 2.75) is 64.9 Å². The van der Waals surface area contributed by atoms with Gasteiger partial charge in [0.05, 0.1) is 5.69 Å². The van der Waals surface area contributed by atoms with E-state index in [4.69, 9.17) is 0 Å². The number of hydrogen-bond donors (Lipinski definition) is 1. The van der Waals surface area contributed by atoms with Crippen molar-refractivity contribution in [1.82, 2.24) is 20.1 Å². The first-order chi connectivity index (χ1) is 22.3. The number of urea groups is 1. The molecular formula is C33H33F5N6O2S. The zero-order chi connectivity index (χ0) is 33.9. The molecule has 47 heavy (non-hydrogen) atoms. The average Bonchev–Trinajstić information content (AvgIpc) is 3.50. The molecule has 0 spiro atoms. The number of aryl methyl sites for hydroxylation is 1. The van der Waals surface area contributed by atoms with Crippen molar-refractivity contribution in [3.8, 4) is 22.8 Å². The summed E-state index contributed by atoms with van der Waals surface area (Å²) in [4.78, 5) is 23.2. The molecule has 3 aromatic carbocycles. The van der Waals surface area contributed by atoms with Crippen molar-refractivity contribution < 1.29 is 31.5 Å². The molecule has 248 valence electrons. The molecule has 1 saturated heterocycles. The fourth-order valence-electron chi connectivity index (χ4n) is 5.38. The molecule has 0 saturated carbocycles. The van der Waals surface area contributed by atoms with E-state index in [0.717, 1.165) is 41.1 Å². The maximum absolute atomic E-state index is 15.2. The van der Waals surface area contributed by atoms with Gasteiger partial charge in [-0.15, -0.1) is 18.3 Å². The third-order valence-corrected chi connectivity index (χ3v) is 8.57. The molecule has 2 heterocycles. The third kappa shape index (κ3) is 8.10. The zero-order valence-electron chi connectivity index (χ0n) is 26.0. The Morgan fingerprint density at radius 1 is 1.06 bits per heavy atom. The Hall–Kier alpha value is -4.46. The van der Waals surface area contributed by atoms with Crippen LogP contribution in [-0.2, 0) is 0 Å². The minimum Gasteiger partial charge on any atom is -0.406 e. The molecule has 5 rings (SSSR count). The number of halogens is 5. The first-order valence-electron chi connectivity index (χ1n) is 14.9. The highest BCUT2D eigenvalue weighted by molar-refractivity contribution is 8.14. The summed E-state index contributed by atoms with van der Waals surface area (Å²) >= 11 is 1.40. The quantitative estimate of drug-likeness (QED) is 0.149. The summed E-state index contributed by atoms with van der Waals surface area (Å²) in [6.07, 6.45) is -7.10. The normalized spacial score (nSPS) is 17.5. The molecule has 1 aliphatic rings. The number of ether oxygens (including phenoxy) is 1. The zero-order valence-corrected chi connectivity index (χ0v) is 26.8.